The van der Waals surface area contributed by atoms with Crippen molar-refractivity contribution in [1.29, 1.82) is 0 Å². The summed E-state index contributed by atoms with van der Waals surface area (Å²) in [4.78, 5) is 10.5. The second-order valence-electron chi connectivity index (χ2n) is 6.45. The normalized spacial score (nSPS) is 13.2. The van der Waals surface area contributed by atoms with Crippen LogP contribution in [0.25, 0.3) is 0 Å². The number of hydrogen-bond donors (Lipinski definition) is 1. The maximum Gasteiger partial charge on any atom is 0.331 e. The molecule has 2 heteroatoms. The maximum absolute atomic E-state index is 10.5. The van der Waals surface area contributed by atoms with E-state index in [1.165, 1.54) is 38.5 Å². The molecule has 0 aromatic heterocycles. The van der Waals surface area contributed by atoms with Crippen LogP contribution in [-0.4, -0.2) is 11.1 Å². The number of hydrogen-bond acceptors (Lipinski definition) is 1. The molecule has 1 N–H and O–H groups in total. The van der Waals surface area contributed by atoms with E-state index in [0.29, 0.717) is 11.0 Å². The van der Waals surface area contributed by atoms with E-state index in [-0.39, 0.29) is 0 Å². The van der Waals surface area contributed by atoms with Crippen molar-refractivity contribution in [2.45, 2.75) is 72.6 Å². The molecule has 0 amide bonds. The third-order valence-corrected chi connectivity index (χ3v) is 3.12. The van der Waals surface area contributed by atoms with E-state index >= 15 is 0 Å². The van der Waals surface area contributed by atoms with Crippen molar-refractivity contribution in [3.63, 3.8) is 0 Å². The molecule has 0 aromatic rings. The summed E-state index contributed by atoms with van der Waals surface area (Å²) in [6.45, 7) is 8.50. The predicted octanol–water partition coefficient (Wildman–Crippen LogP) is 5.35. The van der Waals surface area contributed by atoms with Crippen molar-refractivity contribution in [2.24, 2.45) is 5.41 Å². The molecule has 2 nitrogen and oxygen atoms in total. The van der Waals surface area contributed by atoms with E-state index < -0.39 is 5.97 Å². The van der Waals surface area contributed by atoms with Crippen molar-refractivity contribution in [1.82, 2.24) is 0 Å². The minimum Gasteiger partial charge on any atom is -0.478 e. The van der Waals surface area contributed by atoms with E-state index in [1.807, 2.05) is 6.08 Å². The van der Waals surface area contributed by atoms with Gasteiger partial charge in [0.25, 0.3) is 0 Å². The van der Waals surface area contributed by atoms with Gasteiger partial charge in [0.1, 0.15) is 0 Å². The lowest BCUT2D eigenvalue weighted by Crippen LogP contribution is -2.03. The number of aliphatic carboxylic acids is 1. The van der Waals surface area contributed by atoms with Crippen LogP contribution in [0.2, 0.25) is 0 Å². The lowest BCUT2D eigenvalue weighted by atomic mass is 9.89. The molecule has 0 saturated heterocycles. The van der Waals surface area contributed by atoms with Crippen LogP contribution in [0.4, 0.5) is 0 Å². The van der Waals surface area contributed by atoms with Gasteiger partial charge in [-0.25, -0.2) is 4.79 Å². The minimum atomic E-state index is -0.844. The first-order valence-electron chi connectivity index (χ1n) is 7.39. The average molecular weight is 266 g/mol. The lowest BCUT2D eigenvalue weighted by Gasteiger charge is -2.17. The number of unbranched alkanes of at least 4 members (excludes halogenated alkanes) is 5. The fourth-order valence-corrected chi connectivity index (χ4v) is 1.83. The Bertz CT molecular complexity index is 306. The van der Waals surface area contributed by atoms with Crippen LogP contribution in [0.5, 0.6) is 0 Å². The Hall–Kier alpha value is -1.05. The van der Waals surface area contributed by atoms with Crippen molar-refractivity contribution < 1.29 is 9.90 Å². The summed E-state index contributed by atoms with van der Waals surface area (Å²) in [6.07, 6.45) is 14.4. The Kier molecular flexibility index (Phi) is 9.28. The first-order valence-corrected chi connectivity index (χ1v) is 7.39. The molecule has 0 aliphatic rings. The van der Waals surface area contributed by atoms with E-state index in [1.54, 1.807) is 13.0 Å². The largest absolute Gasteiger partial charge is 0.478 e. The molecule has 0 radical (unpaired) electrons. The Morgan fingerprint density at radius 3 is 2.21 bits per heavy atom. The van der Waals surface area contributed by atoms with Crippen molar-refractivity contribution >= 4 is 5.97 Å². The second kappa shape index (κ2) is 9.82. The first-order chi connectivity index (χ1) is 8.83. The highest BCUT2D eigenvalue weighted by Crippen LogP contribution is 2.22. The fraction of sp³-hybridized carbons (Fsp3) is 0.706. The fourth-order valence-electron chi connectivity index (χ4n) is 1.83. The van der Waals surface area contributed by atoms with Gasteiger partial charge in [-0.2, -0.15) is 0 Å². The summed E-state index contributed by atoms with van der Waals surface area (Å²) in [5, 5.41) is 8.66. The molecule has 0 heterocycles. The zero-order chi connectivity index (χ0) is 14.7. The Balaban J connectivity index is 3.44. The van der Waals surface area contributed by atoms with Crippen molar-refractivity contribution in [3.05, 3.63) is 23.8 Å². The van der Waals surface area contributed by atoms with Crippen LogP contribution in [0.3, 0.4) is 0 Å². The molecular weight excluding hydrogens is 236 g/mol. The summed E-state index contributed by atoms with van der Waals surface area (Å²) in [5.74, 6) is -0.844. The van der Waals surface area contributed by atoms with E-state index in [9.17, 15) is 4.79 Å². The molecule has 0 aliphatic heterocycles. The molecule has 0 bridgehead atoms. The summed E-state index contributed by atoms with van der Waals surface area (Å²) in [5.41, 5.74) is 0.857. The van der Waals surface area contributed by atoms with Crippen LogP contribution >= 0.6 is 0 Å². The van der Waals surface area contributed by atoms with Crippen LogP contribution in [-0.2, 0) is 4.79 Å². The maximum atomic E-state index is 10.5. The van der Waals surface area contributed by atoms with Gasteiger partial charge in [-0.05, 0) is 31.6 Å². The highest BCUT2D eigenvalue weighted by atomic mass is 16.4. The SMILES string of the molecule is C/C(=C\C=C\CCCCCCCC(C)(C)C)C(=O)O. The zero-order valence-electron chi connectivity index (χ0n) is 13.0. The molecule has 0 aromatic carbocycles. The van der Waals surface area contributed by atoms with Crippen LogP contribution in [0.1, 0.15) is 72.6 Å². The van der Waals surface area contributed by atoms with Gasteiger partial charge in [0.05, 0.1) is 0 Å². The van der Waals surface area contributed by atoms with Gasteiger partial charge >= 0.3 is 5.97 Å². The van der Waals surface area contributed by atoms with Gasteiger partial charge < -0.3 is 5.11 Å². The van der Waals surface area contributed by atoms with Crippen LogP contribution < -0.4 is 0 Å². The standard InChI is InChI=1S/C17H30O2/c1-15(16(18)19)13-11-9-7-5-6-8-10-12-14-17(2,3)4/h9,11,13H,5-8,10,12,14H2,1-4H3,(H,18,19)/b11-9+,15-13+. The molecule has 19 heavy (non-hydrogen) atoms. The second-order valence-corrected chi connectivity index (χ2v) is 6.45. The third-order valence-electron chi connectivity index (χ3n) is 3.12. The molecule has 0 spiro atoms. The zero-order valence-corrected chi connectivity index (χ0v) is 13.0. The number of rotatable bonds is 9. The van der Waals surface area contributed by atoms with E-state index in [0.717, 1.165) is 6.42 Å². The number of carbonyl (C=O) groups is 1. The summed E-state index contributed by atoms with van der Waals surface area (Å²) >= 11 is 0. The molecule has 0 unspecified atom stereocenters. The molecule has 0 aliphatic carbocycles. The lowest BCUT2D eigenvalue weighted by molar-refractivity contribution is -0.132. The van der Waals surface area contributed by atoms with Crippen LogP contribution in [0.15, 0.2) is 23.8 Å². The van der Waals surface area contributed by atoms with Gasteiger partial charge in [0.2, 0.25) is 0 Å². The minimum absolute atomic E-state index is 0.387. The highest BCUT2D eigenvalue weighted by molar-refractivity contribution is 5.86. The average Bonchev–Trinajstić information content (AvgIpc) is 2.29. The van der Waals surface area contributed by atoms with Gasteiger partial charge in [-0.15, -0.1) is 0 Å². The molecule has 0 rings (SSSR count). The van der Waals surface area contributed by atoms with Gasteiger partial charge in [-0.1, -0.05) is 64.7 Å². The van der Waals surface area contributed by atoms with E-state index in [4.69, 9.17) is 5.11 Å². The molecule has 110 valence electrons. The molecule has 0 fully saturated rings. The van der Waals surface area contributed by atoms with Crippen LogP contribution in [0, 0.1) is 5.41 Å². The number of carboxylic acid groups (broad SMARTS) is 1. The topological polar surface area (TPSA) is 37.3 Å². The summed E-state index contributed by atoms with van der Waals surface area (Å²) in [7, 11) is 0. The predicted molar refractivity (Wildman–Crippen MR) is 82.3 cm³/mol. The van der Waals surface area contributed by atoms with Crippen molar-refractivity contribution in [2.75, 3.05) is 0 Å². The van der Waals surface area contributed by atoms with Gasteiger partial charge in [0, 0.05) is 5.57 Å². The number of allylic oxidation sites excluding steroid dienone is 3. The third kappa shape index (κ3) is 13.2. The van der Waals surface area contributed by atoms with Gasteiger partial charge in [0.15, 0.2) is 0 Å². The molecule has 0 atom stereocenters. The molecule has 0 saturated carbocycles. The molecular formula is C17H30O2. The summed E-state index contributed by atoms with van der Waals surface area (Å²) in [6, 6.07) is 0. The first kappa shape index (κ1) is 17.9. The van der Waals surface area contributed by atoms with Crippen molar-refractivity contribution in [3.8, 4) is 0 Å². The Morgan fingerprint density at radius 2 is 1.63 bits per heavy atom. The smallest absolute Gasteiger partial charge is 0.331 e. The van der Waals surface area contributed by atoms with Gasteiger partial charge in [-0.3, -0.25) is 0 Å². The quantitative estimate of drug-likeness (QED) is 0.347. The van der Waals surface area contributed by atoms with E-state index in [2.05, 4.69) is 26.8 Å². The number of carboxylic acids is 1. The highest BCUT2D eigenvalue weighted by Gasteiger charge is 2.08. The summed E-state index contributed by atoms with van der Waals surface area (Å²) < 4.78 is 0. The Labute approximate surface area is 118 Å². The Morgan fingerprint density at radius 1 is 1.05 bits per heavy atom. The monoisotopic (exact) mass is 266 g/mol.